The van der Waals surface area contributed by atoms with Crippen LogP contribution in [-0.2, 0) is 0 Å². The number of hydrogen-bond donors (Lipinski definition) is 1. The average Bonchev–Trinajstić information content (AvgIpc) is 3.12. The first-order chi connectivity index (χ1) is 13.1. The van der Waals surface area contributed by atoms with Crippen molar-refractivity contribution in [3.63, 3.8) is 0 Å². The van der Waals surface area contributed by atoms with Crippen molar-refractivity contribution in [2.24, 2.45) is 0 Å². The average molecular weight is 361 g/mol. The van der Waals surface area contributed by atoms with Crippen LogP contribution in [0.4, 0.5) is 0 Å². The Kier molecular flexibility index (Phi) is 5.46. The van der Waals surface area contributed by atoms with E-state index >= 15 is 0 Å². The van der Waals surface area contributed by atoms with E-state index < -0.39 is 0 Å². The number of rotatable bonds is 6. The maximum atomic E-state index is 13.1. The van der Waals surface area contributed by atoms with Crippen molar-refractivity contribution in [2.75, 3.05) is 13.2 Å². The Morgan fingerprint density at radius 1 is 1.19 bits per heavy atom. The van der Waals surface area contributed by atoms with Crippen molar-refractivity contribution >= 4 is 16.8 Å². The zero-order chi connectivity index (χ0) is 19.4. The van der Waals surface area contributed by atoms with Gasteiger partial charge in [0.25, 0.3) is 5.91 Å². The largest absolute Gasteiger partial charge is 0.494 e. The number of amides is 1. The SMILES string of the molecule is CCOc1ccc2cc(C(=O)N(CC)C(C)c3ccc(C#N)cc3)[nH]c2c1. The highest BCUT2D eigenvalue weighted by Gasteiger charge is 2.22. The van der Waals surface area contributed by atoms with E-state index in [9.17, 15) is 4.79 Å². The number of nitrogens with one attached hydrogen (secondary N) is 1. The number of nitrogens with zero attached hydrogens (tertiary/aromatic N) is 2. The maximum Gasteiger partial charge on any atom is 0.270 e. The highest BCUT2D eigenvalue weighted by Crippen LogP contribution is 2.25. The van der Waals surface area contributed by atoms with E-state index in [1.165, 1.54) is 0 Å². The van der Waals surface area contributed by atoms with E-state index in [0.29, 0.717) is 24.4 Å². The molecule has 0 aliphatic heterocycles. The van der Waals surface area contributed by atoms with Gasteiger partial charge in [-0.05, 0) is 56.7 Å². The van der Waals surface area contributed by atoms with Crippen molar-refractivity contribution < 1.29 is 9.53 Å². The summed E-state index contributed by atoms with van der Waals surface area (Å²) in [5, 5.41) is 9.93. The predicted molar refractivity (Wildman–Crippen MR) is 106 cm³/mol. The first-order valence-corrected chi connectivity index (χ1v) is 9.14. The maximum absolute atomic E-state index is 13.1. The van der Waals surface area contributed by atoms with Crippen LogP contribution in [-0.4, -0.2) is 28.9 Å². The molecule has 0 fully saturated rings. The van der Waals surface area contributed by atoms with Gasteiger partial charge >= 0.3 is 0 Å². The second kappa shape index (κ2) is 7.96. The molecule has 5 nitrogen and oxygen atoms in total. The van der Waals surface area contributed by atoms with E-state index in [-0.39, 0.29) is 11.9 Å². The molecule has 0 saturated heterocycles. The summed E-state index contributed by atoms with van der Waals surface area (Å²) >= 11 is 0. The second-order valence-corrected chi connectivity index (χ2v) is 6.37. The minimum atomic E-state index is -0.0966. The van der Waals surface area contributed by atoms with Crippen molar-refractivity contribution in [3.8, 4) is 11.8 Å². The summed E-state index contributed by atoms with van der Waals surface area (Å²) in [6.45, 7) is 7.09. The molecule has 138 valence electrons. The zero-order valence-electron chi connectivity index (χ0n) is 15.8. The Morgan fingerprint density at radius 2 is 1.93 bits per heavy atom. The van der Waals surface area contributed by atoms with E-state index in [2.05, 4.69) is 11.1 Å². The third-order valence-electron chi connectivity index (χ3n) is 4.73. The summed E-state index contributed by atoms with van der Waals surface area (Å²) in [7, 11) is 0. The smallest absolute Gasteiger partial charge is 0.270 e. The van der Waals surface area contributed by atoms with Crippen LogP contribution in [0.15, 0.2) is 48.5 Å². The number of aromatic amines is 1. The van der Waals surface area contributed by atoms with Crippen molar-refractivity contribution in [1.29, 1.82) is 5.26 Å². The molecule has 2 aromatic carbocycles. The van der Waals surface area contributed by atoms with Gasteiger partial charge in [0, 0.05) is 23.5 Å². The van der Waals surface area contributed by atoms with Crippen LogP contribution < -0.4 is 4.74 Å². The summed E-state index contributed by atoms with van der Waals surface area (Å²) in [5.74, 6) is 0.729. The van der Waals surface area contributed by atoms with Gasteiger partial charge in [-0.25, -0.2) is 0 Å². The third kappa shape index (κ3) is 3.80. The van der Waals surface area contributed by atoms with Gasteiger partial charge in [-0.2, -0.15) is 5.26 Å². The molecule has 1 atom stereocenters. The Balaban J connectivity index is 1.87. The monoisotopic (exact) mass is 361 g/mol. The number of carbonyl (C=O) groups excluding carboxylic acids is 1. The van der Waals surface area contributed by atoms with Gasteiger partial charge in [-0.15, -0.1) is 0 Å². The van der Waals surface area contributed by atoms with E-state index in [0.717, 1.165) is 22.2 Å². The molecule has 1 heterocycles. The lowest BCUT2D eigenvalue weighted by atomic mass is 10.0. The molecule has 3 aromatic rings. The fraction of sp³-hybridized carbons (Fsp3) is 0.273. The lowest BCUT2D eigenvalue weighted by Crippen LogP contribution is -2.33. The summed E-state index contributed by atoms with van der Waals surface area (Å²) in [4.78, 5) is 18.1. The Hall–Kier alpha value is -3.26. The molecule has 0 aliphatic carbocycles. The van der Waals surface area contributed by atoms with Crippen LogP contribution in [0.3, 0.4) is 0 Å². The standard InChI is InChI=1S/C22H23N3O2/c1-4-25(15(3)17-8-6-16(14-23)7-9-17)22(26)21-12-18-10-11-19(27-5-2)13-20(18)24-21/h6-13,15,24H,4-5H2,1-3H3. The number of carbonyl (C=O) groups is 1. The topological polar surface area (TPSA) is 69.1 Å². The summed E-state index contributed by atoms with van der Waals surface area (Å²) in [5.41, 5.74) is 3.05. The highest BCUT2D eigenvalue weighted by atomic mass is 16.5. The molecule has 1 N–H and O–H groups in total. The zero-order valence-corrected chi connectivity index (χ0v) is 15.8. The van der Waals surface area contributed by atoms with Gasteiger partial charge in [-0.3, -0.25) is 4.79 Å². The first-order valence-electron chi connectivity index (χ1n) is 9.14. The molecule has 1 unspecified atom stereocenters. The highest BCUT2D eigenvalue weighted by molar-refractivity contribution is 5.98. The lowest BCUT2D eigenvalue weighted by molar-refractivity contribution is 0.0697. The number of fused-ring (bicyclic) bond motifs is 1. The summed E-state index contributed by atoms with van der Waals surface area (Å²) in [6.07, 6.45) is 0. The lowest BCUT2D eigenvalue weighted by Gasteiger charge is -2.28. The van der Waals surface area contributed by atoms with Crippen LogP contribution in [0.5, 0.6) is 5.75 Å². The van der Waals surface area contributed by atoms with Crippen molar-refractivity contribution in [1.82, 2.24) is 9.88 Å². The molecule has 0 saturated carbocycles. The number of ether oxygens (including phenoxy) is 1. The van der Waals surface area contributed by atoms with Gasteiger partial charge < -0.3 is 14.6 Å². The molecule has 5 heteroatoms. The van der Waals surface area contributed by atoms with E-state index in [1.54, 1.807) is 12.1 Å². The Labute approximate surface area is 159 Å². The Bertz CT molecular complexity index is 983. The quantitative estimate of drug-likeness (QED) is 0.694. The number of H-pyrrole nitrogens is 1. The van der Waals surface area contributed by atoms with Gasteiger partial charge in [0.05, 0.1) is 24.3 Å². The third-order valence-corrected chi connectivity index (χ3v) is 4.73. The van der Waals surface area contributed by atoms with E-state index in [4.69, 9.17) is 10.00 Å². The molecule has 1 aromatic heterocycles. The van der Waals surface area contributed by atoms with Crippen molar-refractivity contribution in [3.05, 3.63) is 65.4 Å². The van der Waals surface area contributed by atoms with Gasteiger partial charge in [0.1, 0.15) is 11.4 Å². The normalized spacial score (nSPS) is 11.8. The molecule has 3 rings (SSSR count). The number of aromatic nitrogens is 1. The molecule has 0 radical (unpaired) electrons. The molecule has 1 amide bonds. The summed E-state index contributed by atoms with van der Waals surface area (Å²) < 4.78 is 5.53. The Morgan fingerprint density at radius 3 is 2.56 bits per heavy atom. The number of hydrogen-bond acceptors (Lipinski definition) is 3. The fourth-order valence-corrected chi connectivity index (χ4v) is 3.24. The van der Waals surface area contributed by atoms with Crippen LogP contribution >= 0.6 is 0 Å². The minimum absolute atomic E-state index is 0.0523. The van der Waals surface area contributed by atoms with E-state index in [1.807, 2.05) is 62.1 Å². The summed E-state index contributed by atoms with van der Waals surface area (Å²) in [6, 6.07) is 17.0. The molecule has 0 spiro atoms. The second-order valence-electron chi connectivity index (χ2n) is 6.37. The van der Waals surface area contributed by atoms with Gasteiger partial charge in [0.15, 0.2) is 0 Å². The van der Waals surface area contributed by atoms with Gasteiger partial charge in [0.2, 0.25) is 0 Å². The molecule has 0 aliphatic rings. The van der Waals surface area contributed by atoms with Gasteiger partial charge in [-0.1, -0.05) is 12.1 Å². The van der Waals surface area contributed by atoms with Crippen LogP contribution in [0.2, 0.25) is 0 Å². The predicted octanol–water partition coefficient (Wildman–Crippen LogP) is 4.66. The molecular weight excluding hydrogens is 338 g/mol. The van der Waals surface area contributed by atoms with Crippen LogP contribution in [0, 0.1) is 11.3 Å². The minimum Gasteiger partial charge on any atom is -0.494 e. The number of nitriles is 1. The molecular formula is C22H23N3O2. The van der Waals surface area contributed by atoms with Crippen LogP contribution in [0.25, 0.3) is 10.9 Å². The fourth-order valence-electron chi connectivity index (χ4n) is 3.24. The first kappa shape index (κ1) is 18.5. The molecule has 27 heavy (non-hydrogen) atoms. The van der Waals surface area contributed by atoms with Crippen molar-refractivity contribution in [2.45, 2.75) is 26.8 Å². The number of benzene rings is 2. The molecule has 0 bridgehead atoms. The van der Waals surface area contributed by atoms with Crippen LogP contribution in [0.1, 0.15) is 48.4 Å².